The lowest BCUT2D eigenvalue weighted by Gasteiger charge is -2.27. The largest absolute Gasteiger partial charge is 0.490 e. The van der Waals surface area contributed by atoms with Crippen LogP contribution in [0.2, 0.25) is 0 Å². The van der Waals surface area contributed by atoms with E-state index in [0.717, 1.165) is 36.8 Å². The van der Waals surface area contributed by atoms with Gasteiger partial charge in [-0.1, -0.05) is 5.16 Å². The molecule has 2 aliphatic rings. The fourth-order valence-electron chi connectivity index (χ4n) is 4.21. The zero-order valence-electron chi connectivity index (χ0n) is 18.5. The molecule has 0 spiro atoms. The van der Waals surface area contributed by atoms with Crippen molar-refractivity contribution in [3.8, 4) is 17.1 Å². The number of aliphatic carboxylic acids is 1. The van der Waals surface area contributed by atoms with Crippen LogP contribution in [0, 0.1) is 18.8 Å². The molecule has 4 rings (SSSR count). The number of carbonyl (C=O) groups is 2. The van der Waals surface area contributed by atoms with Crippen LogP contribution in [-0.2, 0) is 16.1 Å². The van der Waals surface area contributed by atoms with Crippen molar-refractivity contribution in [2.75, 3.05) is 0 Å². The van der Waals surface area contributed by atoms with Crippen molar-refractivity contribution in [2.45, 2.75) is 71.1 Å². The van der Waals surface area contributed by atoms with E-state index in [2.05, 4.69) is 10.5 Å². The maximum absolute atomic E-state index is 12.1. The van der Waals surface area contributed by atoms with Gasteiger partial charge in [0.15, 0.2) is 5.76 Å². The van der Waals surface area contributed by atoms with Gasteiger partial charge in [0.05, 0.1) is 24.3 Å². The third kappa shape index (κ3) is 5.41. The standard InChI is InChI=1S/C24H30N2O6/c1-14-21(13-25-24(29)30-15(2)16-6-7-16)22(32-26-14)17-8-10-19(11-9-17)31-20-5-3-4-18(12-20)23(27)28/h8-11,15-16,18,20H,3-7,12-13H2,1-2H3,(H,25,29)(H,27,28)/t15?,18-,20-/m1/s1. The minimum absolute atomic E-state index is 0.0690. The summed E-state index contributed by atoms with van der Waals surface area (Å²) >= 11 is 0. The molecule has 32 heavy (non-hydrogen) atoms. The van der Waals surface area contributed by atoms with Crippen molar-refractivity contribution < 1.29 is 28.7 Å². The summed E-state index contributed by atoms with van der Waals surface area (Å²) in [6.07, 6.45) is 4.59. The Labute approximate surface area is 187 Å². The van der Waals surface area contributed by atoms with Gasteiger partial charge in [-0.2, -0.15) is 0 Å². The number of rotatable bonds is 8. The predicted molar refractivity (Wildman–Crippen MR) is 116 cm³/mol. The molecule has 1 aromatic carbocycles. The van der Waals surface area contributed by atoms with Gasteiger partial charge in [-0.05, 0) is 82.6 Å². The average molecular weight is 443 g/mol. The molecule has 0 aliphatic heterocycles. The van der Waals surface area contributed by atoms with Gasteiger partial charge in [0.2, 0.25) is 0 Å². The Morgan fingerprint density at radius 1 is 1.22 bits per heavy atom. The smallest absolute Gasteiger partial charge is 0.407 e. The van der Waals surface area contributed by atoms with Crippen LogP contribution in [0.4, 0.5) is 4.79 Å². The first-order valence-electron chi connectivity index (χ1n) is 11.3. The number of aromatic nitrogens is 1. The maximum Gasteiger partial charge on any atom is 0.407 e. The highest BCUT2D eigenvalue weighted by Gasteiger charge is 2.31. The van der Waals surface area contributed by atoms with E-state index >= 15 is 0 Å². The molecule has 2 fully saturated rings. The van der Waals surface area contributed by atoms with Gasteiger partial charge in [-0.15, -0.1) is 0 Å². The molecule has 2 N–H and O–H groups in total. The van der Waals surface area contributed by atoms with Crippen molar-refractivity contribution in [1.29, 1.82) is 0 Å². The van der Waals surface area contributed by atoms with Crippen LogP contribution in [0.3, 0.4) is 0 Å². The van der Waals surface area contributed by atoms with Crippen LogP contribution in [0.25, 0.3) is 11.3 Å². The molecule has 1 aromatic heterocycles. The van der Waals surface area contributed by atoms with Crippen molar-refractivity contribution in [1.82, 2.24) is 10.5 Å². The van der Waals surface area contributed by atoms with Gasteiger partial charge in [0.25, 0.3) is 0 Å². The fourth-order valence-corrected chi connectivity index (χ4v) is 4.21. The number of hydrogen-bond donors (Lipinski definition) is 2. The van der Waals surface area contributed by atoms with Crippen LogP contribution >= 0.6 is 0 Å². The summed E-state index contributed by atoms with van der Waals surface area (Å²) in [7, 11) is 0. The minimum atomic E-state index is -0.749. The number of alkyl carbamates (subject to hydrolysis) is 1. The van der Waals surface area contributed by atoms with E-state index in [4.69, 9.17) is 14.0 Å². The van der Waals surface area contributed by atoms with Gasteiger partial charge in [-0.25, -0.2) is 4.79 Å². The Morgan fingerprint density at radius 3 is 2.66 bits per heavy atom. The van der Waals surface area contributed by atoms with Crippen LogP contribution in [0.15, 0.2) is 28.8 Å². The molecular formula is C24H30N2O6. The zero-order chi connectivity index (χ0) is 22.7. The molecule has 0 saturated heterocycles. The number of benzene rings is 1. The van der Waals surface area contributed by atoms with E-state index in [9.17, 15) is 14.7 Å². The predicted octanol–water partition coefficient (Wildman–Crippen LogP) is 4.70. The average Bonchev–Trinajstić information content (AvgIpc) is 3.56. The number of nitrogens with zero attached hydrogens (tertiary/aromatic N) is 1. The van der Waals surface area contributed by atoms with Crippen LogP contribution < -0.4 is 10.1 Å². The second kappa shape index (κ2) is 9.63. The number of amides is 1. The lowest BCUT2D eigenvalue weighted by atomic mass is 9.87. The van der Waals surface area contributed by atoms with Gasteiger partial charge < -0.3 is 24.4 Å². The molecule has 1 amide bonds. The van der Waals surface area contributed by atoms with Crippen LogP contribution in [-0.4, -0.2) is 34.5 Å². The summed E-state index contributed by atoms with van der Waals surface area (Å²) in [6.45, 7) is 4.02. The lowest BCUT2D eigenvalue weighted by Crippen LogP contribution is -2.29. The van der Waals surface area contributed by atoms with E-state index < -0.39 is 12.1 Å². The van der Waals surface area contributed by atoms with E-state index in [1.54, 1.807) is 0 Å². The summed E-state index contributed by atoms with van der Waals surface area (Å²) in [5.74, 6) is 0.685. The molecule has 0 bridgehead atoms. The second-order valence-electron chi connectivity index (χ2n) is 8.84. The van der Waals surface area contributed by atoms with Gasteiger partial charge >= 0.3 is 12.1 Å². The number of ether oxygens (including phenoxy) is 2. The summed E-state index contributed by atoms with van der Waals surface area (Å²) in [6, 6.07) is 7.45. The Hall–Kier alpha value is -3.03. The molecule has 8 heteroatoms. The fraction of sp³-hybridized carbons (Fsp3) is 0.542. The topological polar surface area (TPSA) is 111 Å². The molecule has 3 atom stereocenters. The highest BCUT2D eigenvalue weighted by molar-refractivity contribution is 5.70. The number of carboxylic acid groups (broad SMARTS) is 1. The highest BCUT2D eigenvalue weighted by Crippen LogP contribution is 2.34. The Balaban J connectivity index is 1.36. The number of hydrogen-bond acceptors (Lipinski definition) is 6. The Morgan fingerprint density at radius 2 is 1.97 bits per heavy atom. The van der Waals surface area contributed by atoms with E-state index in [-0.39, 0.29) is 24.7 Å². The van der Waals surface area contributed by atoms with Crippen molar-refractivity contribution in [3.63, 3.8) is 0 Å². The van der Waals surface area contributed by atoms with Gasteiger partial charge in [0, 0.05) is 11.1 Å². The summed E-state index contributed by atoms with van der Waals surface area (Å²) in [5.41, 5.74) is 2.32. The first-order chi connectivity index (χ1) is 15.4. The van der Waals surface area contributed by atoms with Crippen LogP contribution in [0.5, 0.6) is 5.75 Å². The third-order valence-corrected chi connectivity index (χ3v) is 6.37. The van der Waals surface area contributed by atoms with Crippen LogP contribution in [0.1, 0.15) is 56.7 Å². The number of nitrogens with one attached hydrogen (secondary N) is 1. The van der Waals surface area contributed by atoms with Gasteiger partial charge in [0.1, 0.15) is 11.9 Å². The molecule has 1 unspecified atom stereocenters. The summed E-state index contributed by atoms with van der Waals surface area (Å²) in [4.78, 5) is 23.4. The molecule has 2 aliphatic carbocycles. The Kier molecular flexibility index (Phi) is 6.67. The monoisotopic (exact) mass is 442 g/mol. The lowest BCUT2D eigenvalue weighted by molar-refractivity contribution is -0.143. The Bertz CT molecular complexity index is 950. The summed E-state index contributed by atoms with van der Waals surface area (Å²) < 4.78 is 17.0. The molecule has 8 nitrogen and oxygen atoms in total. The quantitative estimate of drug-likeness (QED) is 0.610. The second-order valence-corrected chi connectivity index (χ2v) is 8.84. The molecule has 0 radical (unpaired) electrons. The van der Waals surface area contributed by atoms with Crippen molar-refractivity contribution in [3.05, 3.63) is 35.5 Å². The van der Waals surface area contributed by atoms with Crippen molar-refractivity contribution >= 4 is 12.1 Å². The molecule has 2 aromatic rings. The molecular weight excluding hydrogens is 412 g/mol. The third-order valence-electron chi connectivity index (χ3n) is 6.37. The SMILES string of the molecule is Cc1noc(-c2ccc(O[C@@H]3CCC[C@@H](C(=O)O)C3)cc2)c1CNC(=O)OC(C)C1CC1. The molecule has 1 heterocycles. The summed E-state index contributed by atoms with van der Waals surface area (Å²) in [5, 5.41) is 16.1. The van der Waals surface area contributed by atoms with E-state index in [1.165, 1.54) is 0 Å². The number of carbonyl (C=O) groups excluding carboxylic acids is 1. The van der Waals surface area contributed by atoms with E-state index in [0.29, 0.717) is 36.0 Å². The van der Waals surface area contributed by atoms with Crippen molar-refractivity contribution in [2.24, 2.45) is 11.8 Å². The highest BCUT2D eigenvalue weighted by atomic mass is 16.6. The molecule has 2 saturated carbocycles. The zero-order valence-corrected chi connectivity index (χ0v) is 18.5. The first kappa shape index (κ1) is 22.2. The normalized spacial score (nSPS) is 21.6. The number of carboxylic acids is 1. The molecule has 172 valence electrons. The van der Waals surface area contributed by atoms with E-state index in [1.807, 2.05) is 38.1 Å². The number of aryl methyl sites for hydroxylation is 1. The maximum atomic E-state index is 12.1. The minimum Gasteiger partial charge on any atom is -0.490 e. The first-order valence-corrected chi connectivity index (χ1v) is 11.3. The van der Waals surface area contributed by atoms with Gasteiger partial charge in [-0.3, -0.25) is 4.79 Å².